The molecule has 0 bridgehead atoms. The summed E-state index contributed by atoms with van der Waals surface area (Å²) in [6.45, 7) is 7.30. The Balaban J connectivity index is 1.92. The number of aliphatic hydroxyl groups excluding tert-OH is 1. The van der Waals surface area contributed by atoms with Crippen molar-refractivity contribution in [2.75, 3.05) is 26.4 Å². The van der Waals surface area contributed by atoms with Crippen molar-refractivity contribution in [1.29, 1.82) is 0 Å². The first-order valence-corrected chi connectivity index (χ1v) is 7.38. The highest BCUT2D eigenvalue weighted by atomic mass is 16.5. The summed E-state index contributed by atoms with van der Waals surface area (Å²) >= 11 is 0. The quantitative estimate of drug-likeness (QED) is 0.754. The Kier molecular flexibility index (Phi) is 6.19. The highest BCUT2D eigenvalue weighted by Crippen LogP contribution is 2.24. The minimum Gasteiger partial charge on any atom is -0.491 e. The van der Waals surface area contributed by atoms with Crippen molar-refractivity contribution >= 4 is 5.57 Å². The Morgan fingerprint density at radius 1 is 0.909 bits per heavy atom. The monoisotopic (exact) mass is 298 g/mol. The molecule has 1 N–H and O–H groups in total. The largest absolute Gasteiger partial charge is 0.491 e. The van der Waals surface area contributed by atoms with E-state index in [2.05, 4.69) is 30.8 Å². The summed E-state index contributed by atoms with van der Waals surface area (Å²) in [5.74, 6) is 0.815. The van der Waals surface area contributed by atoms with Crippen LogP contribution in [0.2, 0.25) is 0 Å². The number of rotatable bonds is 8. The van der Waals surface area contributed by atoms with E-state index < -0.39 is 0 Å². The van der Waals surface area contributed by atoms with Crippen LogP contribution in [0.4, 0.5) is 0 Å². The van der Waals surface area contributed by atoms with Gasteiger partial charge in [0.05, 0.1) is 19.8 Å². The second-order valence-corrected chi connectivity index (χ2v) is 5.07. The van der Waals surface area contributed by atoms with Gasteiger partial charge in [-0.2, -0.15) is 0 Å². The first-order valence-electron chi connectivity index (χ1n) is 7.38. The predicted molar refractivity (Wildman–Crippen MR) is 90.0 cm³/mol. The molecule has 22 heavy (non-hydrogen) atoms. The Morgan fingerprint density at radius 3 is 2.05 bits per heavy atom. The molecule has 0 saturated heterocycles. The van der Waals surface area contributed by atoms with Gasteiger partial charge in [0.2, 0.25) is 0 Å². The van der Waals surface area contributed by atoms with Crippen LogP contribution in [0.1, 0.15) is 12.5 Å². The maximum absolute atomic E-state index is 8.60. The van der Waals surface area contributed by atoms with Crippen molar-refractivity contribution in [2.24, 2.45) is 0 Å². The normalized spacial score (nSPS) is 10.5. The molecule has 0 heterocycles. The van der Waals surface area contributed by atoms with E-state index in [1.165, 1.54) is 5.56 Å². The maximum Gasteiger partial charge on any atom is 0.119 e. The van der Waals surface area contributed by atoms with Crippen LogP contribution in [0.5, 0.6) is 5.75 Å². The van der Waals surface area contributed by atoms with Crippen LogP contribution >= 0.6 is 0 Å². The average Bonchev–Trinajstić information content (AvgIpc) is 2.55. The van der Waals surface area contributed by atoms with Gasteiger partial charge in [0.1, 0.15) is 12.4 Å². The summed E-state index contributed by atoms with van der Waals surface area (Å²) in [7, 11) is 0. The summed E-state index contributed by atoms with van der Waals surface area (Å²) in [5, 5.41) is 8.60. The van der Waals surface area contributed by atoms with Crippen LogP contribution in [0.25, 0.3) is 16.7 Å². The fourth-order valence-electron chi connectivity index (χ4n) is 2.08. The van der Waals surface area contributed by atoms with Crippen LogP contribution < -0.4 is 4.74 Å². The molecule has 0 radical (unpaired) electrons. The van der Waals surface area contributed by atoms with Gasteiger partial charge in [-0.1, -0.05) is 48.6 Å². The van der Waals surface area contributed by atoms with E-state index in [9.17, 15) is 0 Å². The van der Waals surface area contributed by atoms with Gasteiger partial charge in [-0.05, 0) is 35.7 Å². The van der Waals surface area contributed by atoms with Gasteiger partial charge < -0.3 is 14.6 Å². The number of hydrogen-bond donors (Lipinski definition) is 1. The van der Waals surface area contributed by atoms with E-state index in [0.29, 0.717) is 19.8 Å². The van der Waals surface area contributed by atoms with Crippen LogP contribution in [0.3, 0.4) is 0 Å². The molecule has 0 aliphatic rings. The van der Waals surface area contributed by atoms with Gasteiger partial charge in [0.15, 0.2) is 0 Å². The van der Waals surface area contributed by atoms with Crippen LogP contribution in [-0.2, 0) is 4.74 Å². The SMILES string of the molecule is C=C(C)c1ccc(-c2ccc(OCCOCCO)cc2)cc1. The zero-order valence-corrected chi connectivity index (χ0v) is 12.9. The molecule has 0 unspecified atom stereocenters. The third kappa shape index (κ3) is 4.72. The van der Waals surface area contributed by atoms with Crippen molar-refractivity contribution in [1.82, 2.24) is 0 Å². The Morgan fingerprint density at radius 2 is 1.50 bits per heavy atom. The van der Waals surface area contributed by atoms with E-state index >= 15 is 0 Å². The van der Waals surface area contributed by atoms with Crippen LogP contribution in [0, 0.1) is 0 Å². The first kappa shape index (κ1) is 16.3. The molecule has 0 spiro atoms. The average molecular weight is 298 g/mol. The lowest BCUT2D eigenvalue weighted by Gasteiger charge is -2.08. The van der Waals surface area contributed by atoms with Gasteiger partial charge >= 0.3 is 0 Å². The predicted octanol–water partition coefficient (Wildman–Crippen LogP) is 3.77. The Hall–Kier alpha value is -2.10. The minimum absolute atomic E-state index is 0.0405. The molecular formula is C19H22O3. The minimum atomic E-state index is 0.0405. The molecule has 0 aliphatic carbocycles. The molecule has 0 amide bonds. The van der Waals surface area contributed by atoms with Crippen LogP contribution in [0.15, 0.2) is 55.1 Å². The van der Waals surface area contributed by atoms with E-state index in [1.54, 1.807) is 0 Å². The van der Waals surface area contributed by atoms with E-state index in [-0.39, 0.29) is 6.61 Å². The molecule has 0 aromatic heterocycles. The van der Waals surface area contributed by atoms with Gasteiger partial charge in [0.25, 0.3) is 0 Å². The van der Waals surface area contributed by atoms with Crippen molar-refractivity contribution < 1.29 is 14.6 Å². The molecule has 0 atom stereocenters. The fourth-order valence-corrected chi connectivity index (χ4v) is 2.08. The van der Waals surface area contributed by atoms with Crippen molar-refractivity contribution in [3.8, 4) is 16.9 Å². The molecule has 3 nitrogen and oxygen atoms in total. The topological polar surface area (TPSA) is 38.7 Å². The van der Waals surface area contributed by atoms with Gasteiger partial charge in [-0.3, -0.25) is 0 Å². The molecular weight excluding hydrogens is 276 g/mol. The first-order chi connectivity index (χ1) is 10.7. The van der Waals surface area contributed by atoms with Crippen molar-refractivity contribution in [3.05, 3.63) is 60.7 Å². The summed E-state index contributed by atoms with van der Waals surface area (Å²) in [6, 6.07) is 16.4. The molecule has 0 fully saturated rings. The lowest BCUT2D eigenvalue weighted by atomic mass is 10.0. The lowest BCUT2D eigenvalue weighted by molar-refractivity contribution is 0.0705. The number of hydrogen-bond acceptors (Lipinski definition) is 3. The summed E-state index contributed by atoms with van der Waals surface area (Å²) in [4.78, 5) is 0. The Bertz CT molecular complexity index is 585. The molecule has 3 heteroatoms. The number of allylic oxidation sites excluding steroid dienone is 1. The van der Waals surface area contributed by atoms with E-state index in [4.69, 9.17) is 14.6 Å². The maximum atomic E-state index is 8.60. The lowest BCUT2D eigenvalue weighted by Crippen LogP contribution is -2.08. The molecule has 2 aromatic rings. The zero-order valence-electron chi connectivity index (χ0n) is 12.9. The van der Waals surface area contributed by atoms with E-state index in [0.717, 1.165) is 22.4 Å². The molecule has 0 saturated carbocycles. The highest BCUT2D eigenvalue weighted by Gasteiger charge is 2.00. The van der Waals surface area contributed by atoms with Crippen LogP contribution in [-0.4, -0.2) is 31.5 Å². The summed E-state index contributed by atoms with van der Waals surface area (Å²) in [5.41, 5.74) is 4.55. The molecule has 2 aromatic carbocycles. The molecule has 2 rings (SSSR count). The smallest absolute Gasteiger partial charge is 0.119 e. The van der Waals surface area contributed by atoms with Crippen molar-refractivity contribution in [3.63, 3.8) is 0 Å². The second kappa shape index (κ2) is 8.37. The van der Waals surface area contributed by atoms with Crippen molar-refractivity contribution in [2.45, 2.75) is 6.92 Å². The third-order valence-corrected chi connectivity index (χ3v) is 3.30. The van der Waals surface area contributed by atoms with Gasteiger partial charge in [0, 0.05) is 0 Å². The molecule has 116 valence electrons. The standard InChI is InChI=1S/C19H22O3/c1-15(2)16-3-5-17(6-4-16)18-7-9-19(10-8-18)22-14-13-21-12-11-20/h3-10,20H,1,11-14H2,2H3. The van der Waals surface area contributed by atoms with Gasteiger partial charge in [-0.15, -0.1) is 0 Å². The highest BCUT2D eigenvalue weighted by molar-refractivity contribution is 5.68. The number of benzene rings is 2. The summed E-state index contributed by atoms with van der Waals surface area (Å²) in [6.07, 6.45) is 0. The van der Waals surface area contributed by atoms with E-state index in [1.807, 2.05) is 31.2 Å². The van der Waals surface area contributed by atoms with Gasteiger partial charge in [-0.25, -0.2) is 0 Å². The molecule has 0 aliphatic heterocycles. The fraction of sp³-hybridized carbons (Fsp3) is 0.263. The zero-order chi connectivity index (χ0) is 15.8. The third-order valence-electron chi connectivity index (χ3n) is 3.30. The number of ether oxygens (including phenoxy) is 2. The summed E-state index contributed by atoms with van der Waals surface area (Å²) < 4.78 is 10.7. The second-order valence-electron chi connectivity index (χ2n) is 5.07. The Labute approximate surface area is 131 Å². The number of aliphatic hydroxyl groups is 1.